The molecule has 1 aliphatic heterocycles. The predicted octanol–water partition coefficient (Wildman–Crippen LogP) is 5.06. The lowest BCUT2D eigenvalue weighted by molar-refractivity contribution is 0.221. The van der Waals surface area contributed by atoms with E-state index in [0.29, 0.717) is 33.6 Å². The highest BCUT2D eigenvalue weighted by Crippen LogP contribution is 2.53. The zero-order chi connectivity index (χ0) is 25.6. The van der Waals surface area contributed by atoms with Gasteiger partial charge in [-0.3, -0.25) is 0 Å². The summed E-state index contributed by atoms with van der Waals surface area (Å²) in [5.41, 5.74) is 2.84. The maximum atomic E-state index is 10.4. The second kappa shape index (κ2) is 8.66. The lowest BCUT2D eigenvalue weighted by atomic mass is 9.82. The van der Waals surface area contributed by atoms with E-state index in [1.807, 2.05) is 0 Å². The first-order valence-electron chi connectivity index (χ1n) is 11.0. The molecular weight excluding hydrogens is 464 g/mol. The van der Waals surface area contributed by atoms with Crippen LogP contribution in [0.25, 0.3) is 12.2 Å². The van der Waals surface area contributed by atoms with E-state index in [4.69, 9.17) is 4.74 Å². The van der Waals surface area contributed by atoms with Crippen LogP contribution in [0.1, 0.15) is 39.8 Å². The summed E-state index contributed by atoms with van der Waals surface area (Å²) in [5, 5.41) is 70.0. The molecule has 4 aromatic rings. The summed E-state index contributed by atoms with van der Waals surface area (Å²) in [5.74, 6) is -1.75. The van der Waals surface area contributed by atoms with Crippen molar-refractivity contribution in [2.45, 2.75) is 12.0 Å². The van der Waals surface area contributed by atoms with Crippen molar-refractivity contribution in [3.05, 3.63) is 94.5 Å². The Hall–Kier alpha value is -4.98. The Morgan fingerprint density at radius 1 is 0.556 bits per heavy atom. The molecule has 0 saturated heterocycles. The molecule has 5 rings (SSSR count). The van der Waals surface area contributed by atoms with Crippen LogP contribution >= 0.6 is 0 Å². The SMILES string of the molecule is Oc1cc(O)cc(C2c3c(/C=C/c4ccc(O)c(O)c4)cc(O)cc3OC2c2ccc(O)c(O)c2)c1. The average Bonchev–Trinajstić information content (AvgIpc) is 3.20. The lowest BCUT2D eigenvalue weighted by Crippen LogP contribution is -2.12. The van der Waals surface area contributed by atoms with Gasteiger partial charge in [-0.15, -0.1) is 0 Å². The maximum Gasteiger partial charge on any atom is 0.157 e. The number of fused-ring (bicyclic) bond motifs is 1. The first kappa shape index (κ1) is 22.8. The molecule has 2 unspecified atom stereocenters. The second-order valence-corrected chi connectivity index (χ2v) is 8.58. The zero-order valence-corrected chi connectivity index (χ0v) is 18.7. The van der Waals surface area contributed by atoms with Crippen molar-refractivity contribution in [1.82, 2.24) is 0 Å². The highest BCUT2D eigenvalue weighted by Gasteiger charge is 2.39. The van der Waals surface area contributed by atoms with Gasteiger partial charge in [0.15, 0.2) is 23.0 Å². The van der Waals surface area contributed by atoms with E-state index in [1.54, 1.807) is 24.3 Å². The van der Waals surface area contributed by atoms with Gasteiger partial charge in [0.25, 0.3) is 0 Å². The molecule has 0 fully saturated rings. The Balaban J connectivity index is 1.68. The molecule has 0 aromatic heterocycles. The van der Waals surface area contributed by atoms with E-state index in [9.17, 15) is 35.7 Å². The minimum atomic E-state index is -0.737. The number of hydrogen-bond donors (Lipinski definition) is 7. The van der Waals surface area contributed by atoms with Gasteiger partial charge in [-0.2, -0.15) is 0 Å². The van der Waals surface area contributed by atoms with Gasteiger partial charge in [0, 0.05) is 17.7 Å². The third-order valence-corrected chi connectivity index (χ3v) is 6.09. The summed E-state index contributed by atoms with van der Waals surface area (Å²) in [6.45, 7) is 0. The molecule has 1 aliphatic rings. The maximum absolute atomic E-state index is 10.4. The molecule has 8 heteroatoms. The Bertz CT molecular complexity index is 1490. The van der Waals surface area contributed by atoms with Gasteiger partial charge in [0.1, 0.15) is 29.1 Å². The fraction of sp³-hybridized carbons (Fsp3) is 0.0714. The van der Waals surface area contributed by atoms with E-state index in [-0.39, 0.29) is 40.2 Å². The van der Waals surface area contributed by atoms with Crippen LogP contribution in [0.5, 0.6) is 46.0 Å². The van der Waals surface area contributed by atoms with Gasteiger partial charge in [-0.05, 0) is 64.7 Å². The van der Waals surface area contributed by atoms with Crippen molar-refractivity contribution >= 4 is 12.2 Å². The molecule has 36 heavy (non-hydrogen) atoms. The van der Waals surface area contributed by atoms with Gasteiger partial charge in [-0.25, -0.2) is 0 Å². The normalized spacial score (nSPS) is 16.7. The average molecular weight is 486 g/mol. The van der Waals surface area contributed by atoms with Crippen molar-refractivity contribution in [3.63, 3.8) is 0 Å². The molecule has 7 N–H and O–H groups in total. The molecule has 0 spiro atoms. The quantitative estimate of drug-likeness (QED) is 0.156. The zero-order valence-electron chi connectivity index (χ0n) is 18.7. The smallest absolute Gasteiger partial charge is 0.157 e. The minimum Gasteiger partial charge on any atom is -0.508 e. The van der Waals surface area contributed by atoms with Gasteiger partial charge in [0.2, 0.25) is 0 Å². The molecule has 0 bridgehead atoms. The number of phenols is 7. The predicted molar refractivity (Wildman–Crippen MR) is 132 cm³/mol. The first-order chi connectivity index (χ1) is 17.2. The molecular formula is C28H22O8. The van der Waals surface area contributed by atoms with Crippen molar-refractivity contribution in [2.24, 2.45) is 0 Å². The molecule has 0 amide bonds. The molecule has 0 radical (unpaired) electrons. The lowest BCUT2D eigenvalue weighted by Gasteiger charge is -2.21. The van der Waals surface area contributed by atoms with E-state index in [2.05, 4.69) is 0 Å². The Morgan fingerprint density at radius 3 is 1.86 bits per heavy atom. The van der Waals surface area contributed by atoms with E-state index in [0.717, 1.165) is 0 Å². The standard InChI is InChI=1S/C28H22O8/c29-18-9-17(10-19(30)12-18)27-26-15(3-1-14-2-5-21(32)23(34)7-14)8-20(31)13-25(26)36-28(27)16-4-6-22(33)24(35)11-16/h1-13,27-35H/b3-1+. The van der Waals surface area contributed by atoms with Crippen LogP contribution in [0, 0.1) is 0 Å². The highest BCUT2D eigenvalue weighted by molar-refractivity contribution is 5.76. The molecule has 1 heterocycles. The molecule has 182 valence electrons. The topological polar surface area (TPSA) is 151 Å². The van der Waals surface area contributed by atoms with Crippen LogP contribution in [0.2, 0.25) is 0 Å². The molecule has 4 aromatic carbocycles. The summed E-state index contributed by atoms with van der Waals surface area (Å²) in [6, 6.07) is 15.8. The minimum absolute atomic E-state index is 0.0614. The van der Waals surface area contributed by atoms with Crippen molar-refractivity contribution in [2.75, 3.05) is 0 Å². The van der Waals surface area contributed by atoms with Crippen LogP contribution < -0.4 is 4.74 Å². The van der Waals surface area contributed by atoms with E-state index in [1.165, 1.54) is 54.6 Å². The number of aromatic hydroxyl groups is 7. The van der Waals surface area contributed by atoms with Crippen molar-refractivity contribution in [1.29, 1.82) is 0 Å². The van der Waals surface area contributed by atoms with Crippen LogP contribution in [0.4, 0.5) is 0 Å². The summed E-state index contributed by atoms with van der Waals surface area (Å²) >= 11 is 0. The summed E-state index contributed by atoms with van der Waals surface area (Å²) in [7, 11) is 0. The monoisotopic (exact) mass is 486 g/mol. The number of ether oxygens (including phenoxy) is 1. The van der Waals surface area contributed by atoms with Crippen molar-refractivity contribution in [3.8, 4) is 46.0 Å². The van der Waals surface area contributed by atoms with E-state index < -0.39 is 12.0 Å². The molecule has 0 aliphatic carbocycles. The van der Waals surface area contributed by atoms with Crippen LogP contribution in [0.3, 0.4) is 0 Å². The van der Waals surface area contributed by atoms with Gasteiger partial charge in [0.05, 0.1) is 5.92 Å². The number of rotatable bonds is 4. The number of phenolic OH excluding ortho intramolecular Hbond substituents is 7. The van der Waals surface area contributed by atoms with Crippen molar-refractivity contribution < 1.29 is 40.5 Å². The first-order valence-corrected chi connectivity index (χ1v) is 11.0. The van der Waals surface area contributed by atoms with Gasteiger partial charge in [-0.1, -0.05) is 24.3 Å². The number of benzene rings is 4. The van der Waals surface area contributed by atoms with Gasteiger partial charge < -0.3 is 40.5 Å². The molecule has 8 nitrogen and oxygen atoms in total. The Morgan fingerprint density at radius 2 is 1.19 bits per heavy atom. The summed E-state index contributed by atoms with van der Waals surface area (Å²) in [4.78, 5) is 0. The summed E-state index contributed by atoms with van der Waals surface area (Å²) < 4.78 is 6.22. The third kappa shape index (κ3) is 4.16. The third-order valence-electron chi connectivity index (χ3n) is 6.09. The Kier molecular flexibility index (Phi) is 5.49. The largest absolute Gasteiger partial charge is 0.508 e. The highest BCUT2D eigenvalue weighted by atomic mass is 16.5. The molecule has 0 saturated carbocycles. The van der Waals surface area contributed by atoms with Crippen LogP contribution in [-0.2, 0) is 0 Å². The fourth-order valence-corrected chi connectivity index (χ4v) is 4.50. The fourth-order valence-electron chi connectivity index (χ4n) is 4.50. The Labute approximate surface area is 205 Å². The van der Waals surface area contributed by atoms with E-state index >= 15 is 0 Å². The summed E-state index contributed by atoms with van der Waals surface area (Å²) in [6.07, 6.45) is 2.66. The van der Waals surface area contributed by atoms with Crippen LogP contribution in [-0.4, -0.2) is 35.7 Å². The molecule has 2 atom stereocenters. The van der Waals surface area contributed by atoms with Crippen LogP contribution in [0.15, 0.2) is 66.7 Å². The van der Waals surface area contributed by atoms with Gasteiger partial charge >= 0.3 is 0 Å². The second-order valence-electron chi connectivity index (χ2n) is 8.58. The number of hydrogen-bond acceptors (Lipinski definition) is 8.